The van der Waals surface area contributed by atoms with Crippen molar-refractivity contribution in [3.8, 4) is 0 Å². The van der Waals surface area contributed by atoms with Gasteiger partial charge in [-0.2, -0.15) is 5.06 Å². The topological polar surface area (TPSA) is 29.5 Å². The lowest BCUT2D eigenvalue weighted by Crippen LogP contribution is -2.32. The van der Waals surface area contributed by atoms with Crippen LogP contribution < -0.4 is 0 Å². The van der Waals surface area contributed by atoms with Gasteiger partial charge in [-0.1, -0.05) is 54.1 Å². The number of hydroxylamine groups is 2. The lowest BCUT2D eigenvalue weighted by atomic mass is 9.94. The Labute approximate surface area is 141 Å². The van der Waals surface area contributed by atoms with Crippen molar-refractivity contribution in [2.75, 3.05) is 0 Å². The van der Waals surface area contributed by atoms with Gasteiger partial charge in [0.15, 0.2) is 0 Å². The molecule has 1 amide bonds. The number of hydrogen-bond acceptors (Lipinski definition) is 2. The minimum absolute atomic E-state index is 0.0802. The maximum absolute atomic E-state index is 12.6. The monoisotopic (exact) mass is 327 g/mol. The third kappa shape index (κ3) is 3.31. The largest absolute Gasteiger partial charge is 0.271 e. The first-order chi connectivity index (χ1) is 11.0. The van der Waals surface area contributed by atoms with Crippen molar-refractivity contribution < 1.29 is 9.63 Å². The highest BCUT2D eigenvalue weighted by atomic mass is 35.5. The molecule has 3 nitrogen and oxygen atoms in total. The van der Waals surface area contributed by atoms with Crippen LogP contribution in [0.25, 0.3) is 5.70 Å². The molecule has 0 unspecified atom stereocenters. The standard InChI is InChI=1S/C19H18ClNO2/c1-19(2)12-17(15-9-6-10-16(20)11-15)21(18(19)22)23-13-14-7-4-3-5-8-14/h3-12H,13H2,1-2H3. The van der Waals surface area contributed by atoms with E-state index in [-0.39, 0.29) is 5.91 Å². The zero-order valence-electron chi connectivity index (χ0n) is 13.1. The Morgan fingerprint density at radius 2 is 1.83 bits per heavy atom. The van der Waals surface area contributed by atoms with E-state index < -0.39 is 5.41 Å². The summed E-state index contributed by atoms with van der Waals surface area (Å²) in [6.45, 7) is 4.10. The van der Waals surface area contributed by atoms with Crippen LogP contribution in [0.1, 0.15) is 25.0 Å². The number of hydrogen-bond donors (Lipinski definition) is 0. The molecular formula is C19H18ClNO2. The average molecular weight is 328 g/mol. The number of carbonyl (C=O) groups excluding carboxylic acids is 1. The Kier molecular flexibility index (Phi) is 4.24. The Balaban J connectivity index is 1.87. The van der Waals surface area contributed by atoms with E-state index in [2.05, 4.69) is 0 Å². The van der Waals surface area contributed by atoms with Crippen molar-refractivity contribution >= 4 is 23.2 Å². The second-order valence-corrected chi connectivity index (χ2v) is 6.56. The predicted octanol–water partition coefficient (Wildman–Crippen LogP) is 4.68. The molecular weight excluding hydrogens is 310 g/mol. The minimum atomic E-state index is -0.603. The number of halogens is 1. The van der Waals surface area contributed by atoms with Crippen molar-refractivity contribution in [3.63, 3.8) is 0 Å². The summed E-state index contributed by atoms with van der Waals surface area (Å²) in [4.78, 5) is 18.4. The van der Waals surface area contributed by atoms with E-state index in [4.69, 9.17) is 16.4 Å². The third-order valence-corrected chi connectivity index (χ3v) is 4.01. The number of benzene rings is 2. The zero-order valence-corrected chi connectivity index (χ0v) is 13.9. The van der Waals surface area contributed by atoms with Crippen molar-refractivity contribution in [2.45, 2.75) is 20.5 Å². The quantitative estimate of drug-likeness (QED) is 0.816. The molecule has 23 heavy (non-hydrogen) atoms. The summed E-state index contributed by atoms with van der Waals surface area (Å²) in [5.74, 6) is -0.0802. The smallest absolute Gasteiger partial charge is 0.260 e. The maximum Gasteiger partial charge on any atom is 0.260 e. The molecule has 0 bridgehead atoms. The van der Waals surface area contributed by atoms with Gasteiger partial charge in [-0.15, -0.1) is 0 Å². The molecule has 4 heteroatoms. The molecule has 0 aromatic heterocycles. The molecule has 3 rings (SSSR count). The van der Waals surface area contributed by atoms with Gasteiger partial charge in [0.1, 0.15) is 6.61 Å². The molecule has 2 aromatic carbocycles. The van der Waals surface area contributed by atoms with E-state index in [9.17, 15) is 4.79 Å². The zero-order chi connectivity index (χ0) is 16.4. The Bertz CT molecular complexity index is 753. The van der Waals surface area contributed by atoms with Crippen LogP contribution >= 0.6 is 11.6 Å². The first kappa shape index (κ1) is 15.8. The molecule has 0 fully saturated rings. The van der Waals surface area contributed by atoms with E-state index in [0.717, 1.165) is 16.8 Å². The summed E-state index contributed by atoms with van der Waals surface area (Å²) in [7, 11) is 0. The predicted molar refractivity (Wildman–Crippen MR) is 91.3 cm³/mol. The molecule has 0 spiro atoms. The highest BCUT2D eigenvalue weighted by molar-refractivity contribution is 6.30. The van der Waals surface area contributed by atoms with E-state index in [1.54, 1.807) is 0 Å². The van der Waals surface area contributed by atoms with Crippen molar-refractivity contribution in [1.82, 2.24) is 5.06 Å². The lowest BCUT2D eigenvalue weighted by molar-refractivity contribution is -0.173. The molecule has 1 heterocycles. The van der Waals surface area contributed by atoms with E-state index in [1.807, 2.05) is 74.5 Å². The van der Waals surface area contributed by atoms with Crippen LogP contribution in [-0.4, -0.2) is 11.0 Å². The highest BCUT2D eigenvalue weighted by Crippen LogP contribution is 2.38. The van der Waals surface area contributed by atoms with Crippen LogP contribution in [0, 0.1) is 5.41 Å². The fraction of sp³-hybridized carbons (Fsp3) is 0.211. The van der Waals surface area contributed by atoms with Gasteiger partial charge in [-0.3, -0.25) is 9.63 Å². The molecule has 1 aliphatic rings. The SMILES string of the molecule is CC1(C)C=C(c2cccc(Cl)c2)N(OCc2ccccc2)C1=O. The van der Waals surface area contributed by atoms with Gasteiger partial charge in [0.05, 0.1) is 11.1 Å². The Morgan fingerprint density at radius 1 is 1.09 bits per heavy atom. The van der Waals surface area contributed by atoms with Gasteiger partial charge in [0.25, 0.3) is 5.91 Å². The van der Waals surface area contributed by atoms with E-state index in [1.165, 1.54) is 5.06 Å². The van der Waals surface area contributed by atoms with E-state index >= 15 is 0 Å². The molecule has 118 valence electrons. The summed E-state index contributed by atoms with van der Waals surface area (Å²) in [5, 5.41) is 2.02. The molecule has 1 aliphatic heterocycles. The minimum Gasteiger partial charge on any atom is -0.271 e. The maximum atomic E-state index is 12.6. The second-order valence-electron chi connectivity index (χ2n) is 6.12. The van der Waals surface area contributed by atoms with Gasteiger partial charge in [-0.05, 0) is 37.6 Å². The number of nitrogens with zero attached hydrogens (tertiary/aromatic N) is 1. The van der Waals surface area contributed by atoms with Gasteiger partial charge >= 0.3 is 0 Å². The normalized spacial score (nSPS) is 16.6. The van der Waals surface area contributed by atoms with Crippen LogP contribution in [-0.2, 0) is 16.2 Å². The average Bonchev–Trinajstić information content (AvgIpc) is 2.77. The van der Waals surface area contributed by atoms with Crippen LogP contribution in [0.4, 0.5) is 0 Å². The third-order valence-electron chi connectivity index (χ3n) is 3.78. The number of rotatable bonds is 4. The Morgan fingerprint density at radius 3 is 2.52 bits per heavy atom. The van der Waals surface area contributed by atoms with E-state index in [0.29, 0.717) is 11.6 Å². The molecule has 2 aromatic rings. The number of amides is 1. The Hall–Kier alpha value is -2.10. The van der Waals surface area contributed by atoms with Crippen molar-refractivity contribution in [1.29, 1.82) is 0 Å². The molecule has 0 aliphatic carbocycles. The van der Waals surface area contributed by atoms with Gasteiger partial charge < -0.3 is 0 Å². The van der Waals surface area contributed by atoms with Crippen molar-refractivity contribution in [2.24, 2.45) is 5.41 Å². The van der Waals surface area contributed by atoms with Crippen LogP contribution in [0.2, 0.25) is 5.02 Å². The molecule has 0 radical (unpaired) electrons. The molecule has 0 saturated carbocycles. The summed E-state index contributed by atoms with van der Waals surface area (Å²) >= 11 is 6.08. The fourth-order valence-corrected chi connectivity index (χ4v) is 2.71. The summed E-state index contributed by atoms with van der Waals surface area (Å²) < 4.78 is 0. The summed E-state index contributed by atoms with van der Waals surface area (Å²) in [6, 6.07) is 17.2. The highest BCUT2D eigenvalue weighted by Gasteiger charge is 2.40. The first-order valence-electron chi connectivity index (χ1n) is 7.47. The van der Waals surface area contributed by atoms with Crippen LogP contribution in [0.15, 0.2) is 60.7 Å². The molecule has 0 atom stereocenters. The fourth-order valence-electron chi connectivity index (χ4n) is 2.52. The summed E-state index contributed by atoms with van der Waals surface area (Å²) in [6.07, 6.45) is 1.92. The van der Waals surface area contributed by atoms with Gasteiger partial charge in [-0.25, -0.2) is 0 Å². The lowest BCUT2D eigenvalue weighted by Gasteiger charge is -2.22. The molecule has 0 N–H and O–H groups in total. The van der Waals surface area contributed by atoms with Gasteiger partial charge in [0.2, 0.25) is 0 Å². The van der Waals surface area contributed by atoms with Crippen LogP contribution in [0.5, 0.6) is 0 Å². The summed E-state index contributed by atoms with van der Waals surface area (Å²) in [5.41, 5.74) is 2.01. The van der Waals surface area contributed by atoms with Crippen LogP contribution in [0.3, 0.4) is 0 Å². The van der Waals surface area contributed by atoms with Crippen molar-refractivity contribution in [3.05, 3.63) is 76.8 Å². The number of carbonyl (C=O) groups is 1. The second kappa shape index (κ2) is 6.19. The van der Waals surface area contributed by atoms with Gasteiger partial charge in [0, 0.05) is 10.6 Å². The molecule has 0 saturated heterocycles. The first-order valence-corrected chi connectivity index (χ1v) is 7.85.